The average molecular weight is 338 g/mol. The first-order valence-electron chi connectivity index (χ1n) is 8.39. The van der Waals surface area contributed by atoms with Crippen molar-refractivity contribution < 1.29 is 14.3 Å². The molecule has 0 atom stereocenters. The summed E-state index contributed by atoms with van der Waals surface area (Å²) < 4.78 is 5.41. The molecule has 0 saturated heterocycles. The van der Waals surface area contributed by atoms with Gasteiger partial charge in [0.1, 0.15) is 5.60 Å². The molecule has 5 nitrogen and oxygen atoms in total. The van der Waals surface area contributed by atoms with Crippen LogP contribution in [0.4, 0.5) is 5.69 Å². The number of hydrogen-bond acceptors (Lipinski definition) is 4. The van der Waals surface area contributed by atoms with Crippen molar-refractivity contribution in [2.45, 2.75) is 25.9 Å². The van der Waals surface area contributed by atoms with E-state index in [0.717, 1.165) is 19.5 Å². The van der Waals surface area contributed by atoms with Crippen LogP contribution in [0.5, 0.6) is 0 Å². The number of para-hydroxylation sites is 1. The second kappa shape index (κ2) is 7.04. The zero-order chi connectivity index (χ0) is 17.9. The summed E-state index contributed by atoms with van der Waals surface area (Å²) in [6.45, 7) is 5.46. The highest BCUT2D eigenvalue weighted by Gasteiger charge is 2.18. The SMILES string of the molecule is CC(C)(O)C#Cc1ccc(C(=O)NCCN2CCc3ccccc32)o1. The molecule has 0 bridgehead atoms. The maximum absolute atomic E-state index is 12.2. The van der Waals surface area contributed by atoms with Crippen molar-refractivity contribution in [3.05, 3.63) is 53.5 Å². The molecule has 2 aromatic rings. The van der Waals surface area contributed by atoms with E-state index in [-0.39, 0.29) is 11.7 Å². The van der Waals surface area contributed by atoms with Crippen molar-refractivity contribution in [3.63, 3.8) is 0 Å². The van der Waals surface area contributed by atoms with Gasteiger partial charge in [0, 0.05) is 25.3 Å². The molecule has 0 saturated carbocycles. The maximum Gasteiger partial charge on any atom is 0.287 e. The fraction of sp³-hybridized carbons (Fsp3) is 0.350. The molecule has 2 N–H and O–H groups in total. The van der Waals surface area contributed by atoms with Crippen LogP contribution in [0.2, 0.25) is 0 Å². The molecule has 0 radical (unpaired) electrons. The average Bonchev–Trinajstić information content (AvgIpc) is 3.19. The largest absolute Gasteiger partial charge is 0.443 e. The Balaban J connectivity index is 1.52. The predicted octanol–water partition coefficient (Wildman–Crippen LogP) is 2.19. The standard InChI is InChI=1S/C20H22N2O3/c1-20(2,24)11-9-16-7-8-18(25-16)19(23)21-12-14-22-13-10-15-5-3-4-6-17(15)22/h3-8,24H,10,12-14H2,1-2H3,(H,21,23). The van der Waals surface area contributed by atoms with Crippen LogP contribution >= 0.6 is 0 Å². The van der Waals surface area contributed by atoms with Crippen molar-refractivity contribution >= 4 is 11.6 Å². The number of amides is 1. The van der Waals surface area contributed by atoms with Crippen LogP contribution in [0.3, 0.4) is 0 Å². The maximum atomic E-state index is 12.2. The first kappa shape index (κ1) is 17.1. The van der Waals surface area contributed by atoms with Gasteiger partial charge >= 0.3 is 0 Å². The first-order chi connectivity index (χ1) is 11.9. The van der Waals surface area contributed by atoms with Crippen LogP contribution < -0.4 is 10.2 Å². The molecule has 0 fully saturated rings. The fourth-order valence-corrected chi connectivity index (χ4v) is 2.77. The summed E-state index contributed by atoms with van der Waals surface area (Å²) >= 11 is 0. The molecular formula is C20H22N2O3. The van der Waals surface area contributed by atoms with E-state index in [4.69, 9.17) is 4.42 Å². The van der Waals surface area contributed by atoms with Crippen LogP contribution in [0.15, 0.2) is 40.8 Å². The number of fused-ring (bicyclic) bond motifs is 1. The normalized spacial score (nSPS) is 13.2. The molecule has 3 rings (SSSR count). The van der Waals surface area contributed by atoms with Crippen molar-refractivity contribution in [2.75, 3.05) is 24.5 Å². The Labute approximate surface area is 147 Å². The topological polar surface area (TPSA) is 65.7 Å². The molecule has 1 aromatic carbocycles. The minimum atomic E-state index is -1.10. The van der Waals surface area contributed by atoms with Crippen LogP contribution in [-0.2, 0) is 6.42 Å². The fourth-order valence-electron chi connectivity index (χ4n) is 2.77. The Morgan fingerprint density at radius 1 is 1.32 bits per heavy atom. The highest BCUT2D eigenvalue weighted by atomic mass is 16.3. The van der Waals surface area contributed by atoms with Gasteiger partial charge in [0.15, 0.2) is 11.5 Å². The van der Waals surface area contributed by atoms with E-state index in [1.807, 2.05) is 6.07 Å². The molecule has 1 amide bonds. The lowest BCUT2D eigenvalue weighted by atomic mass is 10.1. The smallest absolute Gasteiger partial charge is 0.287 e. The van der Waals surface area contributed by atoms with Crippen molar-refractivity contribution in [2.24, 2.45) is 0 Å². The summed E-state index contributed by atoms with van der Waals surface area (Å²) in [5, 5.41) is 12.5. The van der Waals surface area contributed by atoms with E-state index in [2.05, 4.69) is 40.3 Å². The molecule has 0 spiro atoms. The molecule has 0 aliphatic carbocycles. The summed E-state index contributed by atoms with van der Waals surface area (Å²) in [5.74, 6) is 5.70. The minimum absolute atomic E-state index is 0.224. The van der Waals surface area contributed by atoms with E-state index in [0.29, 0.717) is 12.3 Å². The summed E-state index contributed by atoms with van der Waals surface area (Å²) in [6.07, 6.45) is 1.05. The number of carbonyl (C=O) groups excluding carboxylic acids is 1. The highest BCUT2D eigenvalue weighted by Crippen LogP contribution is 2.26. The Morgan fingerprint density at radius 3 is 2.92 bits per heavy atom. The van der Waals surface area contributed by atoms with Gasteiger partial charge in [0.05, 0.1) is 0 Å². The summed E-state index contributed by atoms with van der Waals surface area (Å²) in [4.78, 5) is 14.4. The Bertz CT molecular complexity index is 821. The predicted molar refractivity (Wildman–Crippen MR) is 96.6 cm³/mol. The van der Waals surface area contributed by atoms with Gasteiger partial charge < -0.3 is 19.7 Å². The lowest BCUT2D eigenvalue weighted by Gasteiger charge is -2.19. The number of aliphatic hydroxyl groups is 1. The highest BCUT2D eigenvalue weighted by molar-refractivity contribution is 5.91. The molecule has 0 unspecified atom stereocenters. The van der Waals surface area contributed by atoms with E-state index in [9.17, 15) is 9.90 Å². The summed E-state index contributed by atoms with van der Waals surface area (Å²) in [5.41, 5.74) is 1.51. The van der Waals surface area contributed by atoms with E-state index >= 15 is 0 Å². The Kier molecular flexibility index (Phi) is 4.82. The van der Waals surface area contributed by atoms with Crippen LogP contribution in [-0.4, -0.2) is 36.2 Å². The number of carbonyl (C=O) groups is 1. The Hall–Kier alpha value is -2.71. The van der Waals surface area contributed by atoms with Crippen LogP contribution in [0, 0.1) is 11.8 Å². The molecule has 130 valence electrons. The molecule has 25 heavy (non-hydrogen) atoms. The van der Waals surface area contributed by atoms with Gasteiger partial charge in [-0.3, -0.25) is 4.79 Å². The van der Waals surface area contributed by atoms with Gasteiger partial charge in [-0.2, -0.15) is 0 Å². The van der Waals surface area contributed by atoms with Crippen molar-refractivity contribution in [1.29, 1.82) is 0 Å². The number of furan rings is 1. The zero-order valence-corrected chi connectivity index (χ0v) is 14.5. The second-order valence-electron chi connectivity index (χ2n) is 6.59. The summed E-state index contributed by atoms with van der Waals surface area (Å²) in [6, 6.07) is 11.6. The third-order valence-electron chi connectivity index (χ3n) is 3.97. The third-order valence-corrected chi connectivity index (χ3v) is 3.97. The van der Waals surface area contributed by atoms with Gasteiger partial charge in [-0.25, -0.2) is 0 Å². The third kappa shape index (κ3) is 4.43. The van der Waals surface area contributed by atoms with E-state index in [1.54, 1.807) is 26.0 Å². The minimum Gasteiger partial charge on any atom is -0.443 e. The quantitative estimate of drug-likeness (QED) is 0.839. The molecule has 1 aromatic heterocycles. The number of anilines is 1. The molecular weight excluding hydrogens is 316 g/mol. The van der Waals surface area contributed by atoms with E-state index in [1.165, 1.54) is 11.3 Å². The van der Waals surface area contributed by atoms with Gasteiger partial charge in [0.2, 0.25) is 0 Å². The van der Waals surface area contributed by atoms with Gasteiger partial charge in [-0.1, -0.05) is 24.1 Å². The number of hydrogen-bond donors (Lipinski definition) is 2. The number of benzene rings is 1. The lowest BCUT2D eigenvalue weighted by molar-refractivity contribution is 0.0926. The number of nitrogens with zero attached hydrogens (tertiary/aromatic N) is 1. The molecule has 1 aliphatic heterocycles. The van der Waals surface area contributed by atoms with Crippen LogP contribution in [0.25, 0.3) is 0 Å². The molecule has 5 heteroatoms. The second-order valence-corrected chi connectivity index (χ2v) is 6.59. The zero-order valence-electron chi connectivity index (χ0n) is 14.5. The molecule has 2 heterocycles. The molecule has 1 aliphatic rings. The van der Waals surface area contributed by atoms with Gasteiger partial charge in [0.25, 0.3) is 5.91 Å². The van der Waals surface area contributed by atoms with Gasteiger partial charge in [-0.05, 0) is 50.0 Å². The van der Waals surface area contributed by atoms with Crippen LogP contribution in [0.1, 0.15) is 35.7 Å². The number of rotatable bonds is 4. The Morgan fingerprint density at radius 2 is 2.12 bits per heavy atom. The first-order valence-corrected chi connectivity index (χ1v) is 8.39. The lowest BCUT2D eigenvalue weighted by Crippen LogP contribution is -2.34. The van der Waals surface area contributed by atoms with Crippen molar-refractivity contribution in [3.8, 4) is 11.8 Å². The monoisotopic (exact) mass is 338 g/mol. The number of nitrogens with one attached hydrogen (secondary N) is 1. The van der Waals surface area contributed by atoms with Crippen molar-refractivity contribution in [1.82, 2.24) is 5.32 Å². The van der Waals surface area contributed by atoms with E-state index < -0.39 is 5.60 Å². The van der Waals surface area contributed by atoms with Gasteiger partial charge in [-0.15, -0.1) is 0 Å². The summed E-state index contributed by atoms with van der Waals surface area (Å²) in [7, 11) is 0.